The third-order valence-electron chi connectivity index (χ3n) is 4.89. The number of nitro groups is 1. The average Bonchev–Trinajstić information content (AvgIpc) is 3.11. The Bertz CT molecular complexity index is 899. The molecule has 1 aromatic heterocycles. The van der Waals surface area contributed by atoms with Gasteiger partial charge in [0.25, 0.3) is 5.69 Å². The Hall–Kier alpha value is -2.93. The van der Waals surface area contributed by atoms with Crippen LogP contribution in [0.5, 0.6) is 0 Å². The molecule has 134 valence electrons. The molecule has 0 bridgehead atoms. The first-order valence-electron chi connectivity index (χ1n) is 8.76. The van der Waals surface area contributed by atoms with E-state index in [-0.39, 0.29) is 10.6 Å². The van der Waals surface area contributed by atoms with E-state index in [0.29, 0.717) is 0 Å². The molecule has 7 nitrogen and oxygen atoms in total. The maximum absolute atomic E-state index is 10.7. The number of piperazine rings is 1. The third-order valence-corrected chi connectivity index (χ3v) is 4.89. The quantitative estimate of drug-likeness (QED) is 0.519. The molecule has 0 unspecified atom stereocenters. The van der Waals surface area contributed by atoms with E-state index in [2.05, 4.69) is 15.0 Å². The lowest BCUT2D eigenvalue weighted by atomic mass is 10.1. The maximum Gasteiger partial charge on any atom is 0.269 e. The van der Waals surface area contributed by atoms with Gasteiger partial charge in [-0.05, 0) is 24.1 Å². The summed E-state index contributed by atoms with van der Waals surface area (Å²) in [5.41, 5.74) is 2.09. The Morgan fingerprint density at radius 3 is 2.50 bits per heavy atom. The largest absolute Gasteiger partial charge is 0.354 e. The number of benzene rings is 2. The molecule has 1 fully saturated rings. The van der Waals surface area contributed by atoms with Crippen molar-refractivity contribution in [3.8, 4) is 0 Å². The Balaban J connectivity index is 1.31. The number of aromatic nitrogens is 1. The first kappa shape index (κ1) is 16.5. The molecule has 3 aromatic rings. The second-order valence-electron chi connectivity index (χ2n) is 6.50. The molecule has 2 heterocycles. The van der Waals surface area contributed by atoms with Gasteiger partial charge in [-0.25, -0.2) is 0 Å². The van der Waals surface area contributed by atoms with Crippen LogP contribution in [0.25, 0.3) is 11.0 Å². The van der Waals surface area contributed by atoms with E-state index in [4.69, 9.17) is 4.52 Å². The lowest BCUT2D eigenvalue weighted by molar-refractivity contribution is -0.384. The first-order chi connectivity index (χ1) is 12.7. The minimum Gasteiger partial charge on any atom is -0.354 e. The summed E-state index contributed by atoms with van der Waals surface area (Å²) in [5.74, 6) is 0.926. The highest BCUT2D eigenvalue weighted by atomic mass is 16.6. The lowest BCUT2D eigenvalue weighted by Gasteiger charge is -2.34. The van der Waals surface area contributed by atoms with Crippen LogP contribution in [0.15, 0.2) is 53.1 Å². The van der Waals surface area contributed by atoms with Crippen LogP contribution >= 0.6 is 0 Å². The Morgan fingerprint density at radius 2 is 1.77 bits per heavy atom. The monoisotopic (exact) mass is 352 g/mol. The number of nitrogens with zero attached hydrogens (tertiary/aromatic N) is 4. The van der Waals surface area contributed by atoms with Crippen LogP contribution in [0.3, 0.4) is 0 Å². The van der Waals surface area contributed by atoms with Crippen molar-refractivity contribution in [2.24, 2.45) is 0 Å². The summed E-state index contributed by atoms with van der Waals surface area (Å²) >= 11 is 0. The molecular weight excluding hydrogens is 332 g/mol. The first-order valence-corrected chi connectivity index (χ1v) is 8.76. The maximum atomic E-state index is 10.7. The van der Waals surface area contributed by atoms with Gasteiger partial charge in [0.1, 0.15) is 0 Å². The van der Waals surface area contributed by atoms with Crippen molar-refractivity contribution in [1.29, 1.82) is 0 Å². The Kier molecular flexibility index (Phi) is 4.53. The molecule has 1 aliphatic heterocycles. The standard InChI is InChI=1S/C19H20N4O3/c24-23(25)16-7-5-15(6-8-16)9-10-21-11-13-22(14-12-21)19-17-3-1-2-4-18(17)26-20-19/h1-8H,9-14H2. The smallest absolute Gasteiger partial charge is 0.269 e. The predicted octanol–water partition coefficient (Wildman–Crippen LogP) is 3.10. The molecule has 0 saturated carbocycles. The second kappa shape index (κ2) is 7.13. The van der Waals surface area contributed by atoms with Crippen LogP contribution in [0.2, 0.25) is 0 Å². The van der Waals surface area contributed by atoms with Crippen LogP contribution in [-0.2, 0) is 6.42 Å². The third kappa shape index (κ3) is 3.39. The van der Waals surface area contributed by atoms with Gasteiger partial charge in [-0.1, -0.05) is 29.4 Å². The number of non-ortho nitro benzene ring substituents is 1. The fourth-order valence-corrected chi connectivity index (χ4v) is 3.36. The van der Waals surface area contributed by atoms with Gasteiger partial charge in [0.05, 0.1) is 10.3 Å². The highest BCUT2D eigenvalue weighted by molar-refractivity contribution is 5.88. The van der Waals surface area contributed by atoms with Crippen LogP contribution in [0.1, 0.15) is 5.56 Å². The molecule has 1 saturated heterocycles. The van der Waals surface area contributed by atoms with E-state index in [0.717, 1.165) is 61.5 Å². The highest BCUT2D eigenvalue weighted by Gasteiger charge is 2.21. The van der Waals surface area contributed by atoms with Gasteiger partial charge in [0.2, 0.25) is 0 Å². The van der Waals surface area contributed by atoms with E-state index in [1.54, 1.807) is 12.1 Å². The van der Waals surface area contributed by atoms with Crippen LogP contribution < -0.4 is 4.90 Å². The van der Waals surface area contributed by atoms with Crippen LogP contribution in [-0.4, -0.2) is 47.7 Å². The molecule has 4 rings (SSSR count). The van der Waals surface area contributed by atoms with Crippen molar-refractivity contribution in [2.45, 2.75) is 6.42 Å². The normalized spacial score (nSPS) is 15.5. The number of hydrogen-bond acceptors (Lipinski definition) is 6. The number of rotatable bonds is 5. The van der Waals surface area contributed by atoms with Crippen molar-refractivity contribution >= 4 is 22.5 Å². The summed E-state index contributed by atoms with van der Waals surface area (Å²) in [7, 11) is 0. The van der Waals surface area contributed by atoms with E-state index in [9.17, 15) is 10.1 Å². The average molecular weight is 352 g/mol. The summed E-state index contributed by atoms with van der Waals surface area (Å²) in [5, 5.41) is 16.0. The molecule has 0 atom stereocenters. The molecule has 0 spiro atoms. The molecule has 7 heteroatoms. The SMILES string of the molecule is O=[N+]([O-])c1ccc(CCN2CCN(c3noc4ccccc34)CC2)cc1. The molecular formula is C19H20N4O3. The summed E-state index contributed by atoms with van der Waals surface area (Å²) in [6, 6.07) is 14.8. The molecule has 0 aliphatic carbocycles. The molecule has 1 aliphatic rings. The zero-order chi connectivity index (χ0) is 17.9. The van der Waals surface area contributed by atoms with Crippen molar-refractivity contribution in [1.82, 2.24) is 10.1 Å². The second-order valence-corrected chi connectivity index (χ2v) is 6.50. The van der Waals surface area contributed by atoms with Crippen LogP contribution in [0.4, 0.5) is 11.5 Å². The zero-order valence-corrected chi connectivity index (χ0v) is 14.4. The highest BCUT2D eigenvalue weighted by Crippen LogP contribution is 2.26. The summed E-state index contributed by atoms with van der Waals surface area (Å²) in [6.45, 7) is 4.71. The molecule has 0 N–H and O–H groups in total. The topological polar surface area (TPSA) is 75.7 Å². The van der Waals surface area contributed by atoms with Gasteiger partial charge in [-0.15, -0.1) is 0 Å². The van der Waals surface area contributed by atoms with Gasteiger partial charge in [0, 0.05) is 44.9 Å². The predicted molar refractivity (Wildman–Crippen MR) is 99.5 cm³/mol. The van der Waals surface area contributed by atoms with Gasteiger partial charge in [-0.3, -0.25) is 15.0 Å². The van der Waals surface area contributed by atoms with Crippen molar-refractivity contribution in [3.63, 3.8) is 0 Å². The summed E-state index contributed by atoms with van der Waals surface area (Å²) in [4.78, 5) is 15.0. The number of fused-ring (bicyclic) bond motifs is 1. The zero-order valence-electron chi connectivity index (χ0n) is 14.4. The molecule has 0 radical (unpaired) electrons. The fraction of sp³-hybridized carbons (Fsp3) is 0.316. The Labute approximate surface area is 150 Å². The minimum atomic E-state index is -0.364. The Morgan fingerprint density at radius 1 is 1.04 bits per heavy atom. The van der Waals surface area contributed by atoms with Crippen molar-refractivity contribution in [3.05, 3.63) is 64.2 Å². The molecule has 0 amide bonds. The van der Waals surface area contributed by atoms with Gasteiger partial charge in [-0.2, -0.15) is 0 Å². The van der Waals surface area contributed by atoms with Crippen molar-refractivity contribution < 1.29 is 9.45 Å². The van der Waals surface area contributed by atoms with Gasteiger partial charge < -0.3 is 9.42 Å². The van der Waals surface area contributed by atoms with Crippen LogP contribution in [0, 0.1) is 10.1 Å². The molecule has 26 heavy (non-hydrogen) atoms. The van der Waals surface area contributed by atoms with E-state index >= 15 is 0 Å². The number of para-hydroxylation sites is 1. The van der Waals surface area contributed by atoms with E-state index in [1.165, 1.54) is 0 Å². The minimum absolute atomic E-state index is 0.141. The number of nitro benzene ring substituents is 1. The van der Waals surface area contributed by atoms with Gasteiger partial charge in [0.15, 0.2) is 11.4 Å². The lowest BCUT2D eigenvalue weighted by Crippen LogP contribution is -2.47. The summed E-state index contributed by atoms with van der Waals surface area (Å²) in [6.07, 6.45) is 0.894. The number of hydrogen-bond donors (Lipinski definition) is 0. The summed E-state index contributed by atoms with van der Waals surface area (Å²) < 4.78 is 5.41. The fourth-order valence-electron chi connectivity index (χ4n) is 3.36. The number of anilines is 1. The molecule has 2 aromatic carbocycles. The van der Waals surface area contributed by atoms with E-state index < -0.39 is 0 Å². The van der Waals surface area contributed by atoms with E-state index in [1.807, 2.05) is 36.4 Å². The van der Waals surface area contributed by atoms with Crippen molar-refractivity contribution in [2.75, 3.05) is 37.6 Å². The van der Waals surface area contributed by atoms with Gasteiger partial charge >= 0.3 is 0 Å².